The topological polar surface area (TPSA) is 55.4 Å². The van der Waals surface area contributed by atoms with Gasteiger partial charge in [-0.05, 0) is 0 Å². The van der Waals surface area contributed by atoms with Crippen LogP contribution in [0.15, 0.2) is 11.8 Å². The Morgan fingerprint density at radius 1 is 1.57 bits per heavy atom. The van der Waals surface area contributed by atoms with Gasteiger partial charge in [-0.3, -0.25) is 4.79 Å². The fourth-order valence-corrected chi connectivity index (χ4v) is 1.36. The number of hydrogen-bond donors (Lipinski definition) is 1. The van der Waals surface area contributed by atoms with Gasteiger partial charge in [-0.25, -0.2) is 4.79 Å². The lowest BCUT2D eigenvalue weighted by Crippen LogP contribution is -2.20. The molecule has 0 saturated carbocycles. The third kappa shape index (κ3) is 1.64. The van der Waals surface area contributed by atoms with Crippen molar-refractivity contribution < 1.29 is 14.3 Å². The van der Waals surface area contributed by atoms with E-state index in [1.165, 1.54) is 13.2 Å². The predicted octanol–water partition coefficient (Wildman–Crippen LogP) is 0.835. The van der Waals surface area contributed by atoms with E-state index in [1.54, 1.807) is 0 Å². The van der Waals surface area contributed by atoms with Crippen LogP contribution in [0.1, 0.15) is 20.8 Å². The first-order chi connectivity index (χ1) is 6.39. The highest BCUT2D eigenvalue weighted by molar-refractivity contribution is 5.89. The van der Waals surface area contributed by atoms with Crippen molar-refractivity contribution in [3.05, 3.63) is 11.8 Å². The van der Waals surface area contributed by atoms with E-state index in [0.29, 0.717) is 5.70 Å². The number of carbonyl (C=O) groups excluding carboxylic acids is 2. The molecule has 4 heteroatoms. The van der Waals surface area contributed by atoms with Crippen LogP contribution in [0.25, 0.3) is 0 Å². The summed E-state index contributed by atoms with van der Waals surface area (Å²) in [5.74, 6) is -0.619. The van der Waals surface area contributed by atoms with Crippen LogP contribution in [0.2, 0.25) is 0 Å². The standard InChI is InChI=1S/C10H15NO3/c1-6-9(13)11-7(10(6,2)3)5-8(12)14-4/h5-6H,1-4H3,(H,11,13)/b7-5-. The van der Waals surface area contributed by atoms with Crippen molar-refractivity contribution in [2.75, 3.05) is 7.11 Å². The van der Waals surface area contributed by atoms with Gasteiger partial charge in [0.05, 0.1) is 7.11 Å². The molecule has 0 aromatic carbocycles. The minimum absolute atomic E-state index is 0.0508. The van der Waals surface area contributed by atoms with Crippen LogP contribution < -0.4 is 5.32 Å². The maximum absolute atomic E-state index is 11.4. The summed E-state index contributed by atoms with van der Waals surface area (Å²) in [6.07, 6.45) is 1.33. The van der Waals surface area contributed by atoms with E-state index in [1.807, 2.05) is 20.8 Å². The Balaban J connectivity index is 2.98. The van der Waals surface area contributed by atoms with E-state index in [9.17, 15) is 9.59 Å². The number of allylic oxidation sites excluding steroid dienone is 1. The van der Waals surface area contributed by atoms with Gasteiger partial charge in [0.2, 0.25) is 5.91 Å². The van der Waals surface area contributed by atoms with Crippen molar-refractivity contribution in [1.29, 1.82) is 0 Å². The largest absolute Gasteiger partial charge is 0.466 e. The Kier molecular flexibility index (Phi) is 2.64. The van der Waals surface area contributed by atoms with E-state index in [0.717, 1.165) is 0 Å². The third-order valence-electron chi connectivity index (χ3n) is 2.89. The van der Waals surface area contributed by atoms with Gasteiger partial charge in [-0.15, -0.1) is 0 Å². The van der Waals surface area contributed by atoms with Gasteiger partial charge >= 0.3 is 5.97 Å². The number of hydrogen-bond acceptors (Lipinski definition) is 3. The molecule has 0 aromatic rings. The summed E-state index contributed by atoms with van der Waals surface area (Å²) in [5.41, 5.74) is 0.299. The van der Waals surface area contributed by atoms with Gasteiger partial charge in [0.1, 0.15) is 0 Å². The summed E-state index contributed by atoms with van der Waals surface area (Å²) >= 11 is 0. The van der Waals surface area contributed by atoms with Crippen molar-refractivity contribution in [2.24, 2.45) is 11.3 Å². The van der Waals surface area contributed by atoms with Crippen LogP contribution in [-0.4, -0.2) is 19.0 Å². The van der Waals surface area contributed by atoms with E-state index >= 15 is 0 Å². The summed E-state index contributed by atoms with van der Waals surface area (Å²) in [4.78, 5) is 22.4. The number of amides is 1. The lowest BCUT2D eigenvalue weighted by molar-refractivity contribution is -0.135. The molecule has 1 amide bonds. The smallest absolute Gasteiger partial charge is 0.332 e. The molecule has 1 heterocycles. The molecule has 0 spiro atoms. The van der Waals surface area contributed by atoms with Crippen molar-refractivity contribution >= 4 is 11.9 Å². The van der Waals surface area contributed by atoms with Gasteiger partial charge in [-0.1, -0.05) is 20.8 Å². The lowest BCUT2D eigenvalue weighted by Gasteiger charge is -2.21. The minimum atomic E-state index is -0.442. The van der Waals surface area contributed by atoms with Gasteiger partial charge in [0.25, 0.3) is 0 Å². The molecule has 14 heavy (non-hydrogen) atoms. The molecule has 78 valence electrons. The summed E-state index contributed by atoms with van der Waals surface area (Å²) in [6.45, 7) is 5.68. The molecule has 1 atom stereocenters. The van der Waals surface area contributed by atoms with Crippen LogP contribution in [0, 0.1) is 11.3 Å². The molecular formula is C10H15NO3. The molecule has 0 radical (unpaired) electrons. The Morgan fingerprint density at radius 2 is 2.14 bits per heavy atom. The Bertz CT molecular complexity index is 304. The molecule has 0 aromatic heterocycles. The first kappa shape index (κ1) is 10.8. The number of nitrogens with one attached hydrogen (secondary N) is 1. The van der Waals surface area contributed by atoms with Crippen molar-refractivity contribution in [2.45, 2.75) is 20.8 Å². The zero-order valence-corrected chi connectivity index (χ0v) is 8.88. The number of esters is 1. The predicted molar refractivity (Wildman–Crippen MR) is 51.2 cm³/mol. The van der Waals surface area contributed by atoms with Gasteiger partial charge in [0.15, 0.2) is 0 Å². The highest BCUT2D eigenvalue weighted by Crippen LogP contribution is 2.38. The molecule has 1 fully saturated rings. The normalized spacial score (nSPS) is 27.6. The van der Waals surface area contributed by atoms with E-state index in [-0.39, 0.29) is 17.2 Å². The highest BCUT2D eigenvalue weighted by Gasteiger charge is 2.42. The quantitative estimate of drug-likeness (QED) is 0.500. The van der Waals surface area contributed by atoms with E-state index in [2.05, 4.69) is 10.1 Å². The van der Waals surface area contributed by atoms with Crippen molar-refractivity contribution in [3.8, 4) is 0 Å². The monoisotopic (exact) mass is 197 g/mol. The molecule has 1 aliphatic rings. The molecule has 1 unspecified atom stereocenters. The second-order valence-electron chi connectivity index (χ2n) is 4.01. The Labute approximate surface area is 83.3 Å². The van der Waals surface area contributed by atoms with Crippen LogP contribution in [0.3, 0.4) is 0 Å². The zero-order valence-electron chi connectivity index (χ0n) is 8.88. The number of ether oxygens (including phenoxy) is 1. The summed E-state index contributed by atoms with van der Waals surface area (Å²) in [5, 5.41) is 2.68. The lowest BCUT2D eigenvalue weighted by atomic mass is 9.80. The van der Waals surface area contributed by atoms with Crippen LogP contribution in [0.4, 0.5) is 0 Å². The Hall–Kier alpha value is -1.32. The number of rotatable bonds is 1. The zero-order chi connectivity index (χ0) is 10.9. The average molecular weight is 197 g/mol. The average Bonchev–Trinajstić information content (AvgIpc) is 2.30. The number of carbonyl (C=O) groups is 2. The first-order valence-electron chi connectivity index (χ1n) is 4.50. The third-order valence-corrected chi connectivity index (χ3v) is 2.89. The molecular weight excluding hydrogens is 182 g/mol. The minimum Gasteiger partial charge on any atom is -0.466 e. The van der Waals surface area contributed by atoms with Gasteiger partial charge in [-0.2, -0.15) is 0 Å². The van der Waals surface area contributed by atoms with Crippen molar-refractivity contribution in [1.82, 2.24) is 5.32 Å². The SMILES string of the molecule is COC(=O)/C=C1\NC(=O)C(C)C1(C)C. The van der Waals surface area contributed by atoms with E-state index < -0.39 is 5.97 Å². The fourth-order valence-electron chi connectivity index (χ4n) is 1.36. The maximum atomic E-state index is 11.4. The number of methoxy groups -OCH3 is 1. The van der Waals surface area contributed by atoms with E-state index in [4.69, 9.17) is 0 Å². The molecule has 0 aliphatic carbocycles. The molecule has 1 aliphatic heterocycles. The van der Waals surface area contributed by atoms with Gasteiger partial charge < -0.3 is 10.1 Å². The van der Waals surface area contributed by atoms with Crippen LogP contribution in [-0.2, 0) is 14.3 Å². The molecule has 1 N–H and O–H groups in total. The molecule has 4 nitrogen and oxygen atoms in total. The molecule has 1 rings (SSSR count). The summed E-state index contributed by atoms with van der Waals surface area (Å²) < 4.78 is 4.51. The molecule has 0 bridgehead atoms. The van der Waals surface area contributed by atoms with Gasteiger partial charge in [0, 0.05) is 23.1 Å². The van der Waals surface area contributed by atoms with Crippen molar-refractivity contribution in [3.63, 3.8) is 0 Å². The second kappa shape index (κ2) is 3.44. The maximum Gasteiger partial charge on any atom is 0.332 e. The Morgan fingerprint density at radius 3 is 2.50 bits per heavy atom. The van der Waals surface area contributed by atoms with Crippen LogP contribution in [0.5, 0.6) is 0 Å². The highest BCUT2D eigenvalue weighted by atomic mass is 16.5. The fraction of sp³-hybridized carbons (Fsp3) is 0.600. The first-order valence-corrected chi connectivity index (χ1v) is 4.50. The second-order valence-corrected chi connectivity index (χ2v) is 4.01. The van der Waals surface area contributed by atoms with Crippen LogP contribution >= 0.6 is 0 Å². The summed E-state index contributed by atoms with van der Waals surface area (Å²) in [7, 11) is 1.31. The summed E-state index contributed by atoms with van der Waals surface area (Å²) in [6, 6.07) is 0. The molecule has 1 saturated heterocycles.